The van der Waals surface area contributed by atoms with Crippen LogP contribution >= 0.6 is 11.3 Å². The van der Waals surface area contributed by atoms with Crippen LogP contribution in [0.3, 0.4) is 0 Å². The SMILES string of the molecule is CC(=O)Nc1sc(-c2ccncc2)c(C)c1C(=O)N(C)C. The lowest BCUT2D eigenvalue weighted by atomic mass is 10.1. The molecule has 110 valence electrons. The molecule has 0 unspecified atom stereocenters. The van der Waals surface area contributed by atoms with Crippen LogP contribution in [0.15, 0.2) is 24.5 Å². The molecule has 0 aliphatic heterocycles. The molecule has 0 aliphatic carbocycles. The number of hydrogen-bond donors (Lipinski definition) is 1. The molecular formula is C15H17N3O2S. The molecule has 0 radical (unpaired) electrons. The van der Waals surface area contributed by atoms with Crippen LogP contribution in [0, 0.1) is 6.92 Å². The van der Waals surface area contributed by atoms with Crippen LogP contribution in [0.25, 0.3) is 10.4 Å². The number of hydrogen-bond acceptors (Lipinski definition) is 4. The van der Waals surface area contributed by atoms with Crippen LogP contribution in [0.1, 0.15) is 22.8 Å². The Balaban J connectivity index is 2.60. The van der Waals surface area contributed by atoms with Crippen molar-refractivity contribution in [3.05, 3.63) is 35.7 Å². The summed E-state index contributed by atoms with van der Waals surface area (Å²) in [7, 11) is 3.40. The third kappa shape index (κ3) is 3.11. The number of amides is 2. The van der Waals surface area contributed by atoms with Gasteiger partial charge < -0.3 is 10.2 Å². The topological polar surface area (TPSA) is 62.3 Å². The smallest absolute Gasteiger partial charge is 0.256 e. The molecule has 21 heavy (non-hydrogen) atoms. The van der Waals surface area contributed by atoms with Gasteiger partial charge in [0.05, 0.1) is 5.56 Å². The predicted molar refractivity (Wildman–Crippen MR) is 84.6 cm³/mol. The quantitative estimate of drug-likeness (QED) is 0.948. The lowest BCUT2D eigenvalue weighted by Crippen LogP contribution is -2.23. The molecule has 0 aliphatic rings. The van der Waals surface area contributed by atoms with E-state index in [1.54, 1.807) is 26.5 Å². The second kappa shape index (κ2) is 6.05. The minimum Gasteiger partial charge on any atom is -0.345 e. The average molecular weight is 303 g/mol. The number of nitrogens with zero attached hydrogens (tertiary/aromatic N) is 2. The summed E-state index contributed by atoms with van der Waals surface area (Å²) in [6, 6.07) is 3.78. The molecule has 0 aromatic carbocycles. The van der Waals surface area contributed by atoms with Crippen LogP contribution in [0.4, 0.5) is 5.00 Å². The first-order valence-electron chi connectivity index (χ1n) is 6.44. The molecular weight excluding hydrogens is 286 g/mol. The molecule has 2 aromatic heterocycles. The number of aromatic nitrogens is 1. The van der Waals surface area contributed by atoms with E-state index in [4.69, 9.17) is 0 Å². The molecule has 0 saturated heterocycles. The predicted octanol–water partition coefficient (Wildman–Crippen LogP) is 2.78. The normalized spacial score (nSPS) is 10.3. The van der Waals surface area contributed by atoms with E-state index in [0.717, 1.165) is 16.0 Å². The first-order chi connectivity index (χ1) is 9.91. The van der Waals surface area contributed by atoms with E-state index in [1.807, 2.05) is 19.1 Å². The van der Waals surface area contributed by atoms with Crippen molar-refractivity contribution < 1.29 is 9.59 Å². The van der Waals surface area contributed by atoms with E-state index in [-0.39, 0.29) is 11.8 Å². The molecule has 0 atom stereocenters. The van der Waals surface area contributed by atoms with Gasteiger partial charge in [-0.25, -0.2) is 0 Å². The molecule has 0 saturated carbocycles. The number of anilines is 1. The van der Waals surface area contributed by atoms with Crippen molar-refractivity contribution in [1.82, 2.24) is 9.88 Å². The van der Waals surface area contributed by atoms with Crippen LogP contribution in [-0.4, -0.2) is 35.8 Å². The fourth-order valence-corrected chi connectivity index (χ4v) is 3.27. The second-order valence-corrected chi connectivity index (χ2v) is 5.90. The largest absolute Gasteiger partial charge is 0.345 e. The van der Waals surface area contributed by atoms with Crippen molar-refractivity contribution in [3.8, 4) is 10.4 Å². The van der Waals surface area contributed by atoms with Gasteiger partial charge in [-0.15, -0.1) is 11.3 Å². The summed E-state index contributed by atoms with van der Waals surface area (Å²) in [5, 5.41) is 3.35. The zero-order valence-electron chi connectivity index (χ0n) is 12.4. The van der Waals surface area contributed by atoms with Crippen molar-refractivity contribution in [2.45, 2.75) is 13.8 Å². The van der Waals surface area contributed by atoms with Crippen molar-refractivity contribution in [2.24, 2.45) is 0 Å². The molecule has 2 heterocycles. The molecule has 0 bridgehead atoms. The van der Waals surface area contributed by atoms with Crippen LogP contribution in [-0.2, 0) is 4.79 Å². The fraction of sp³-hybridized carbons (Fsp3) is 0.267. The highest BCUT2D eigenvalue weighted by molar-refractivity contribution is 7.20. The van der Waals surface area contributed by atoms with E-state index in [0.29, 0.717) is 10.6 Å². The Morgan fingerprint density at radius 1 is 1.24 bits per heavy atom. The highest BCUT2D eigenvalue weighted by atomic mass is 32.1. The average Bonchev–Trinajstić information content (AvgIpc) is 2.75. The molecule has 2 aromatic rings. The number of carbonyl (C=O) groups excluding carboxylic acids is 2. The first kappa shape index (κ1) is 15.2. The van der Waals surface area contributed by atoms with Crippen LogP contribution < -0.4 is 5.32 Å². The summed E-state index contributed by atoms with van der Waals surface area (Å²) in [4.78, 5) is 30.2. The summed E-state index contributed by atoms with van der Waals surface area (Å²) in [5.74, 6) is -0.307. The van der Waals surface area contributed by atoms with Gasteiger partial charge in [0.1, 0.15) is 5.00 Å². The van der Waals surface area contributed by atoms with E-state index in [2.05, 4.69) is 10.3 Å². The van der Waals surface area contributed by atoms with Gasteiger partial charge in [0.2, 0.25) is 5.91 Å². The summed E-state index contributed by atoms with van der Waals surface area (Å²) in [6.07, 6.45) is 3.42. The van der Waals surface area contributed by atoms with Gasteiger partial charge in [-0.3, -0.25) is 14.6 Å². The third-order valence-electron chi connectivity index (χ3n) is 3.00. The molecule has 1 N–H and O–H groups in total. The molecule has 6 heteroatoms. The van der Waals surface area contributed by atoms with E-state index in [9.17, 15) is 9.59 Å². The minimum atomic E-state index is -0.190. The minimum absolute atomic E-state index is 0.118. The summed E-state index contributed by atoms with van der Waals surface area (Å²) < 4.78 is 0. The van der Waals surface area contributed by atoms with Crippen molar-refractivity contribution in [1.29, 1.82) is 0 Å². The van der Waals surface area contributed by atoms with E-state index in [1.165, 1.54) is 23.2 Å². The van der Waals surface area contributed by atoms with Crippen LogP contribution in [0.2, 0.25) is 0 Å². The molecule has 5 nitrogen and oxygen atoms in total. The monoisotopic (exact) mass is 303 g/mol. The first-order valence-corrected chi connectivity index (χ1v) is 7.26. The highest BCUT2D eigenvalue weighted by Crippen LogP contribution is 2.40. The van der Waals surface area contributed by atoms with Crippen molar-refractivity contribution in [3.63, 3.8) is 0 Å². The summed E-state index contributed by atoms with van der Waals surface area (Å²) >= 11 is 1.41. The molecule has 0 spiro atoms. The summed E-state index contributed by atoms with van der Waals surface area (Å²) in [6.45, 7) is 3.33. The van der Waals surface area contributed by atoms with Gasteiger partial charge in [-0.1, -0.05) is 0 Å². The second-order valence-electron chi connectivity index (χ2n) is 4.88. The third-order valence-corrected chi connectivity index (χ3v) is 4.26. The maximum atomic E-state index is 12.4. The lowest BCUT2D eigenvalue weighted by Gasteiger charge is -2.12. The Morgan fingerprint density at radius 3 is 2.38 bits per heavy atom. The Hall–Kier alpha value is -2.21. The molecule has 2 amide bonds. The van der Waals surface area contributed by atoms with E-state index >= 15 is 0 Å². The van der Waals surface area contributed by atoms with E-state index < -0.39 is 0 Å². The van der Waals surface area contributed by atoms with Crippen molar-refractivity contribution >= 4 is 28.2 Å². The van der Waals surface area contributed by atoms with Crippen LogP contribution in [0.5, 0.6) is 0 Å². The Morgan fingerprint density at radius 2 is 1.86 bits per heavy atom. The zero-order chi connectivity index (χ0) is 15.6. The Kier molecular flexibility index (Phi) is 4.37. The Labute approximate surface area is 127 Å². The van der Waals surface area contributed by atoms with Gasteiger partial charge in [0.15, 0.2) is 0 Å². The number of thiophene rings is 1. The molecule has 2 rings (SSSR count). The molecule has 0 fully saturated rings. The number of nitrogens with one attached hydrogen (secondary N) is 1. The highest BCUT2D eigenvalue weighted by Gasteiger charge is 2.23. The van der Waals surface area contributed by atoms with Gasteiger partial charge in [0, 0.05) is 38.3 Å². The van der Waals surface area contributed by atoms with Crippen molar-refractivity contribution in [2.75, 3.05) is 19.4 Å². The van der Waals surface area contributed by atoms with Gasteiger partial charge in [0.25, 0.3) is 5.91 Å². The van der Waals surface area contributed by atoms with Gasteiger partial charge in [-0.2, -0.15) is 0 Å². The number of rotatable bonds is 3. The number of carbonyl (C=O) groups is 2. The zero-order valence-corrected chi connectivity index (χ0v) is 13.2. The number of pyridine rings is 1. The van der Waals surface area contributed by atoms with Gasteiger partial charge >= 0.3 is 0 Å². The maximum Gasteiger partial charge on any atom is 0.256 e. The lowest BCUT2D eigenvalue weighted by molar-refractivity contribution is -0.114. The standard InChI is InChI=1S/C15H17N3O2S/c1-9-12(15(20)18(3)4)14(17-10(2)19)21-13(9)11-5-7-16-8-6-11/h5-8H,1-4H3,(H,17,19). The fourth-order valence-electron chi connectivity index (χ4n) is 2.02. The van der Waals surface area contributed by atoms with Gasteiger partial charge in [-0.05, 0) is 30.2 Å². The summed E-state index contributed by atoms with van der Waals surface area (Å²) in [5.41, 5.74) is 2.40. The maximum absolute atomic E-state index is 12.4. The Bertz CT molecular complexity index is 678.